The molecule has 0 bridgehead atoms. The summed E-state index contributed by atoms with van der Waals surface area (Å²) >= 11 is 1.39. The SMILES string of the molecule is Nc1nccc(Nc2ccc(SC3=CCNC=C3)c(F)c2)n1. The van der Waals surface area contributed by atoms with Crippen molar-refractivity contribution in [2.24, 2.45) is 0 Å². The van der Waals surface area contributed by atoms with E-state index in [1.165, 1.54) is 17.8 Å². The summed E-state index contributed by atoms with van der Waals surface area (Å²) in [4.78, 5) is 9.42. The lowest BCUT2D eigenvalue weighted by atomic mass is 10.3. The molecule has 0 unspecified atom stereocenters. The molecule has 4 N–H and O–H groups in total. The van der Waals surface area contributed by atoms with E-state index < -0.39 is 0 Å². The van der Waals surface area contributed by atoms with Gasteiger partial charge in [0.15, 0.2) is 0 Å². The summed E-state index contributed by atoms with van der Waals surface area (Å²) in [6.07, 6.45) is 7.33. The van der Waals surface area contributed by atoms with E-state index in [9.17, 15) is 4.39 Å². The van der Waals surface area contributed by atoms with E-state index in [1.54, 1.807) is 24.4 Å². The fourth-order valence-corrected chi connectivity index (χ4v) is 2.74. The molecule has 1 aliphatic heterocycles. The molecular formula is C15H14FN5S. The minimum absolute atomic E-state index is 0.169. The van der Waals surface area contributed by atoms with Crippen LogP contribution in [0.1, 0.15) is 0 Å². The third-order valence-electron chi connectivity index (χ3n) is 2.89. The van der Waals surface area contributed by atoms with Crippen molar-refractivity contribution in [1.82, 2.24) is 15.3 Å². The predicted octanol–water partition coefficient (Wildman–Crippen LogP) is 3.03. The van der Waals surface area contributed by atoms with Gasteiger partial charge in [0.2, 0.25) is 5.95 Å². The van der Waals surface area contributed by atoms with Crippen molar-refractivity contribution in [1.29, 1.82) is 0 Å². The molecule has 5 nitrogen and oxygen atoms in total. The first-order chi connectivity index (χ1) is 10.7. The van der Waals surface area contributed by atoms with Gasteiger partial charge in [-0.3, -0.25) is 0 Å². The fourth-order valence-electron chi connectivity index (χ4n) is 1.89. The van der Waals surface area contributed by atoms with Crippen LogP contribution < -0.4 is 16.4 Å². The molecule has 22 heavy (non-hydrogen) atoms. The number of dihydropyridines is 1. The zero-order valence-corrected chi connectivity index (χ0v) is 12.4. The number of hydrogen-bond donors (Lipinski definition) is 3. The molecule has 2 aromatic rings. The standard InChI is InChI=1S/C15H14FN5S/c16-12-9-10(20-14-5-8-19-15(17)21-14)1-2-13(12)22-11-3-6-18-7-4-11/h1-6,8-9,18H,7H2,(H3,17,19,20,21). The molecule has 1 aromatic carbocycles. The number of nitrogen functional groups attached to an aromatic ring is 1. The first-order valence-corrected chi connectivity index (χ1v) is 7.45. The van der Waals surface area contributed by atoms with Crippen LogP contribution in [-0.2, 0) is 0 Å². The Morgan fingerprint density at radius 3 is 2.95 bits per heavy atom. The van der Waals surface area contributed by atoms with Gasteiger partial charge >= 0.3 is 0 Å². The fraction of sp³-hybridized carbons (Fsp3) is 0.0667. The van der Waals surface area contributed by atoms with Crippen LogP contribution in [0.4, 0.5) is 21.8 Å². The van der Waals surface area contributed by atoms with Crippen LogP contribution in [0, 0.1) is 5.82 Å². The number of benzene rings is 1. The Balaban J connectivity index is 1.74. The summed E-state index contributed by atoms with van der Waals surface area (Å²) in [5.74, 6) is 0.406. The number of nitrogens with one attached hydrogen (secondary N) is 2. The molecule has 7 heteroatoms. The number of halogens is 1. The van der Waals surface area contributed by atoms with E-state index in [-0.39, 0.29) is 11.8 Å². The predicted molar refractivity (Wildman–Crippen MR) is 87.2 cm³/mol. The maximum absolute atomic E-state index is 14.2. The zero-order chi connectivity index (χ0) is 15.4. The number of aromatic nitrogens is 2. The van der Waals surface area contributed by atoms with E-state index in [2.05, 4.69) is 20.6 Å². The van der Waals surface area contributed by atoms with E-state index >= 15 is 0 Å². The van der Waals surface area contributed by atoms with E-state index in [1.807, 2.05) is 18.4 Å². The molecule has 0 spiro atoms. The number of anilines is 3. The average molecular weight is 315 g/mol. The second kappa shape index (κ2) is 6.48. The van der Waals surface area contributed by atoms with Crippen LogP contribution in [0.5, 0.6) is 0 Å². The maximum Gasteiger partial charge on any atom is 0.221 e. The highest BCUT2D eigenvalue weighted by atomic mass is 32.2. The molecule has 3 rings (SSSR count). The van der Waals surface area contributed by atoms with Gasteiger partial charge in [-0.15, -0.1) is 0 Å². The lowest BCUT2D eigenvalue weighted by Gasteiger charge is -2.10. The lowest BCUT2D eigenvalue weighted by Crippen LogP contribution is -2.07. The van der Waals surface area contributed by atoms with Gasteiger partial charge in [0.25, 0.3) is 0 Å². The summed E-state index contributed by atoms with van der Waals surface area (Å²) < 4.78 is 14.2. The highest BCUT2D eigenvalue weighted by Crippen LogP contribution is 2.32. The van der Waals surface area contributed by atoms with Crippen LogP contribution in [0.3, 0.4) is 0 Å². The van der Waals surface area contributed by atoms with Crippen LogP contribution in [-0.4, -0.2) is 16.5 Å². The Kier molecular flexibility index (Phi) is 4.24. The third kappa shape index (κ3) is 3.56. The second-order valence-electron chi connectivity index (χ2n) is 4.52. The summed E-state index contributed by atoms with van der Waals surface area (Å²) in [5, 5.41) is 6.06. The Morgan fingerprint density at radius 1 is 1.32 bits per heavy atom. The normalized spacial score (nSPS) is 13.4. The van der Waals surface area contributed by atoms with Crippen LogP contribution in [0.15, 0.2) is 58.6 Å². The minimum atomic E-state index is -0.287. The molecule has 1 aliphatic rings. The van der Waals surface area contributed by atoms with Gasteiger partial charge in [0, 0.05) is 28.2 Å². The van der Waals surface area contributed by atoms with Crippen LogP contribution in [0.25, 0.3) is 0 Å². The zero-order valence-electron chi connectivity index (χ0n) is 11.6. The second-order valence-corrected chi connectivity index (χ2v) is 5.64. The number of nitrogens with zero attached hydrogens (tertiary/aromatic N) is 2. The van der Waals surface area contributed by atoms with Crippen molar-refractivity contribution >= 4 is 29.2 Å². The molecule has 0 fully saturated rings. The van der Waals surface area contributed by atoms with Crippen molar-refractivity contribution < 1.29 is 4.39 Å². The van der Waals surface area contributed by atoms with E-state index in [0.29, 0.717) is 16.4 Å². The van der Waals surface area contributed by atoms with Gasteiger partial charge in [-0.2, -0.15) is 4.98 Å². The maximum atomic E-state index is 14.2. The molecule has 0 amide bonds. The Hall–Kier alpha value is -2.54. The Morgan fingerprint density at radius 2 is 2.23 bits per heavy atom. The topological polar surface area (TPSA) is 75.9 Å². The van der Waals surface area contributed by atoms with Gasteiger partial charge in [-0.05, 0) is 36.5 Å². The molecule has 0 saturated heterocycles. The molecule has 2 heterocycles. The summed E-state index contributed by atoms with van der Waals surface area (Å²) in [7, 11) is 0. The lowest BCUT2D eigenvalue weighted by molar-refractivity contribution is 0.603. The van der Waals surface area contributed by atoms with Crippen molar-refractivity contribution in [3.05, 3.63) is 59.5 Å². The van der Waals surface area contributed by atoms with Crippen molar-refractivity contribution in [2.45, 2.75) is 4.90 Å². The highest BCUT2D eigenvalue weighted by Gasteiger charge is 2.08. The first-order valence-electron chi connectivity index (χ1n) is 6.64. The monoisotopic (exact) mass is 315 g/mol. The quantitative estimate of drug-likeness (QED) is 0.805. The summed E-state index contributed by atoms with van der Waals surface area (Å²) in [6, 6.07) is 6.65. The molecular weight excluding hydrogens is 301 g/mol. The first kappa shape index (κ1) is 14.4. The number of hydrogen-bond acceptors (Lipinski definition) is 6. The molecule has 112 valence electrons. The average Bonchev–Trinajstić information content (AvgIpc) is 2.51. The largest absolute Gasteiger partial charge is 0.387 e. The molecule has 0 saturated carbocycles. The molecule has 1 aromatic heterocycles. The van der Waals surface area contributed by atoms with E-state index in [0.717, 1.165) is 11.4 Å². The van der Waals surface area contributed by atoms with Gasteiger partial charge in [-0.25, -0.2) is 9.37 Å². The van der Waals surface area contributed by atoms with Gasteiger partial charge in [-0.1, -0.05) is 17.8 Å². The third-order valence-corrected chi connectivity index (χ3v) is 3.98. The smallest absolute Gasteiger partial charge is 0.221 e. The molecule has 0 atom stereocenters. The summed E-state index contributed by atoms with van der Waals surface area (Å²) in [5.41, 5.74) is 6.12. The number of allylic oxidation sites excluding steroid dienone is 1. The molecule has 0 radical (unpaired) electrons. The van der Waals surface area contributed by atoms with Crippen molar-refractivity contribution in [3.8, 4) is 0 Å². The number of thioether (sulfide) groups is 1. The Labute approximate surface area is 131 Å². The van der Waals surface area contributed by atoms with Gasteiger partial charge in [0.1, 0.15) is 11.6 Å². The van der Waals surface area contributed by atoms with Crippen molar-refractivity contribution in [2.75, 3.05) is 17.6 Å². The van der Waals surface area contributed by atoms with Gasteiger partial charge in [0.05, 0.1) is 0 Å². The Bertz CT molecular complexity index is 744. The molecule has 0 aliphatic carbocycles. The van der Waals surface area contributed by atoms with Gasteiger partial charge < -0.3 is 16.4 Å². The summed E-state index contributed by atoms with van der Waals surface area (Å²) in [6.45, 7) is 0.759. The highest BCUT2D eigenvalue weighted by molar-refractivity contribution is 8.03. The van der Waals surface area contributed by atoms with Crippen LogP contribution in [0.2, 0.25) is 0 Å². The van der Waals surface area contributed by atoms with Crippen molar-refractivity contribution in [3.63, 3.8) is 0 Å². The van der Waals surface area contributed by atoms with Crippen LogP contribution >= 0.6 is 11.8 Å². The minimum Gasteiger partial charge on any atom is -0.387 e. The van der Waals surface area contributed by atoms with E-state index in [4.69, 9.17) is 5.73 Å². The number of nitrogens with two attached hydrogens (primary N) is 1. The number of rotatable bonds is 4.